The average Bonchev–Trinajstić information content (AvgIpc) is 2.67. The maximum Gasteiger partial charge on any atom is 0.321 e. The van der Waals surface area contributed by atoms with E-state index in [2.05, 4.69) is 10.6 Å². The van der Waals surface area contributed by atoms with Gasteiger partial charge in [-0.1, -0.05) is 30.3 Å². The second-order valence-electron chi connectivity index (χ2n) is 6.58. The zero-order valence-corrected chi connectivity index (χ0v) is 15.4. The van der Waals surface area contributed by atoms with E-state index in [4.69, 9.17) is 4.74 Å². The van der Waals surface area contributed by atoms with Crippen molar-refractivity contribution in [3.8, 4) is 0 Å². The smallest absolute Gasteiger partial charge is 0.321 e. The van der Waals surface area contributed by atoms with Gasteiger partial charge in [-0.15, -0.1) is 0 Å². The Balaban J connectivity index is 1.80. The summed E-state index contributed by atoms with van der Waals surface area (Å²) in [5.74, 6) is -0.714. The van der Waals surface area contributed by atoms with Gasteiger partial charge in [-0.05, 0) is 32.3 Å². The van der Waals surface area contributed by atoms with Gasteiger partial charge in [-0.3, -0.25) is 14.9 Å². The largest absolute Gasteiger partial charge is 0.466 e. The Bertz CT molecular complexity index is 620. The molecule has 1 aromatic carbocycles. The Morgan fingerprint density at radius 1 is 1.27 bits per heavy atom. The molecular formula is C19H28N3O4+. The number of amides is 3. The summed E-state index contributed by atoms with van der Waals surface area (Å²) in [5.41, 5.74) is 0.960. The van der Waals surface area contributed by atoms with Crippen LogP contribution >= 0.6 is 0 Å². The first kappa shape index (κ1) is 19.9. The predicted octanol–water partition coefficient (Wildman–Crippen LogP) is 0.259. The van der Waals surface area contributed by atoms with Crippen molar-refractivity contribution in [3.63, 3.8) is 0 Å². The minimum Gasteiger partial charge on any atom is -0.466 e. The third-order valence-corrected chi connectivity index (χ3v) is 4.72. The topological polar surface area (TPSA) is 88.9 Å². The number of carbonyl (C=O) groups is 3. The molecule has 3 N–H and O–H groups in total. The van der Waals surface area contributed by atoms with Crippen molar-refractivity contribution in [1.82, 2.24) is 10.6 Å². The Labute approximate surface area is 154 Å². The number of piperidine rings is 1. The van der Waals surface area contributed by atoms with E-state index in [1.54, 1.807) is 13.8 Å². The van der Waals surface area contributed by atoms with E-state index >= 15 is 0 Å². The van der Waals surface area contributed by atoms with Crippen LogP contribution in [0.5, 0.6) is 0 Å². The van der Waals surface area contributed by atoms with Crippen LogP contribution in [0.25, 0.3) is 0 Å². The van der Waals surface area contributed by atoms with Gasteiger partial charge < -0.3 is 15.0 Å². The van der Waals surface area contributed by atoms with Crippen LogP contribution in [0.4, 0.5) is 4.79 Å². The summed E-state index contributed by atoms with van der Waals surface area (Å²) < 4.78 is 5.09. The molecule has 7 nitrogen and oxygen atoms in total. The molecule has 1 heterocycles. The summed E-state index contributed by atoms with van der Waals surface area (Å²) in [6.45, 7) is 5.64. The van der Waals surface area contributed by atoms with Gasteiger partial charge in [0.05, 0.1) is 19.7 Å². The number of likely N-dealkylation sites (tertiary alicyclic amines) is 1. The summed E-state index contributed by atoms with van der Waals surface area (Å²) in [4.78, 5) is 37.2. The Morgan fingerprint density at radius 3 is 2.69 bits per heavy atom. The van der Waals surface area contributed by atoms with Crippen LogP contribution in [0.15, 0.2) is 30.3 Å². The third-order valence-electron chi connectivity index (χ3n) is 4.72. The van der Waals surface area contributed by atoms with Gasteiger partial charge in [0.25, 0.3) is 5.91 Å². The molecule has 0 saturated carbocycles. The normalized spacial score (nSPS) is 20.7. The lowest BCUT2D eigenvalue weighted by atomic mass is 9.97. The van der Waals surface area contributed by atoms with E-state index in [1.807, 2.05) is 30.3 Å². The van der Waals surface area contributed by atoms with E-state index in [1.165, 1.54) is 0 Å². The second kappa shape index (κ2) is 9.91. The molecule has 1 unspecified atom stereocenters. The molecule has 2 rings (SSSR count). The van der Waals surface area contributed by atoms with Gasteiger partial charge in [0.1, 0.15) is 5.92 Å². The van der Waals surface area contributed by atoms with Crippen LogP contribution in [0.2, 0.25) is 0 Å². The molecule has 3 atom stereocenters. The van der Waals surface area contributed by atoms with E-state index in [0.29, 0.717) is 19.7 Å². The van der Waals surface area contributed by atoms with Crippen molar-refractivity contribution in [3.05, 3.63) is 35.9 Å². The van der Waals surface area contributed by atoms with Crippen LogP contribution < -0.4 is 15.5 Å². The zero-order chi connectivity index (χ0) is 18.9. The second-order valence-corrected chi connectivity index (χ2v) is 6.58. The standard InChI is InChI=1S/C19H27N3O4/c1-3-26-18(24)16-10-7-11-22(13-16)14(2)17(23)21-19(25)20-12-15-8-5-4-6-9-15/h4-6,8-9,14,16H,3,7,10-13H2,1-2H3,(H2,20,21,23,25)/p+1/t14-,16-/m0/s1. The number of hydrogen-bond donors (Lipinski definition) is 3. The average molecular weight is 362 g/mol. The highest BCUT2D eigenvalue weighted by molar-refractivity contribution is 5.96. The van der Waals surface area contributed by atoms with Crippen LogP contribution in [-0.2, 0) is 20.9 Å². The first-order chi connectivity index (χ1) is 12.5. The lowest BCUT2D eigenvalue weighted by Gasteiger charge is -2.32. The first-order valence-corrected chi connectivity index (χ1v) is 9.15. The molecule has 1 saturated heterocycles. The van der Waals surface area contributed by atoms with Gasteiger partial charge in [-0.2, -0.15) is 0 Å². The summed E-state index contributed by atoms with van der Waals surface area (Å²) in [5, 5.41) is 5.07. The van der Waals surface area contributed by atoms with Crippen LogP contribution in [0.1, 0.15) is 32.3 Å². The number of rotatable bonds is 6. The number of esters is 1. The van der Waals surface area contributed by atoms with Crippen molar-refractivity contribution >= 4 is 17.9 Å². The summed E-state index contributed by atoms with van der Waals surface area (Å²) >= 11 is 0. The molecule has 7 heteroatoms. The highest BCUT2D eigenvalue weighted by Gasteiger charge is 2.35. The molecule has 0 radical (unpaired) electrons. The molecule has 1 fully saturated rings. The number of nitrogens with one attached hydrogen (secondary N) is 3. The van der Waals surface area contributed by atoms with Crippen molar-refractivity contribution in [2.24, 2.45) is 5.92 Å². The lowest BCUT2D eigenvalue weighted by Crippen LogP contribution is -3.18. The van der Waals surface area contributed by atoms with Gasteiger partial charge in [0.2, 0.25) is 0 Å². The molecule has 0 spiro atoms. The minimum absolute atomic E-state index is 0.180. The van der Waals surface area contributed by atoms with Gasteiger partial charge in [0, 0.05) is 6.54 Å². The molecule has 1 aliphatic heterocycles. The van der Waals surface area contributed by atoms with E-state index < -0.39 is 12.1 Å². The highest BCUT2D eigenvalue weighted by atomic mass is 16.5. The predicted molar refractivity (Wildman–Crippen MR) is 96.3 cm³/mol. The third kappa shape index (κ3) is 5.84. The van der Waals surface area contributed by atoms with E-state index in [0.717, 1.165) is 29.8 Å². The molecule has 0 bridgehead atoms. The Hall–Kier alpha value is -2.41. The maximum atomic E-state index is 12.4. The van der Waals surface area contributed by atoms with Gasteiger partial charge in [0.15, 0.2) is 6.04 Å². The Morgan fingerprint density at radius 2 is 2.00 bits per heavy atom. The molecular weight excluding hydrogens is 334 g/mol. The monoisotopic (exact) mass is 362 g/mol. The fourth-order valence-corrected chi connectivity index (χ4v) is 3.18. The van der Waals surface area contributed by atoms with Gasteiger partial charge in [-0.25, -0.2) is 4.79 Å². The molecule has 0 aliphatic carbocycles. The first-order valence-electron chi connectivity index (χ1n) is 9.15. The number of quaternary nitrogens is 1. The fourth-order valence-electron chi connectivity index (χ4n) is 3.18. The van der Waals surface area contributed by atoms with Gasteiger partial charge >= 0.3 is 12.0 Å². The number of imide groups is 1. The SMILES string of the molecule is CCOC(=O)[C@H]1CCC[NH+]([C@@H](C)C(=O)NC(=O)NCc2ccccc2)C1. The summed E-state index contributed by atoms with van der Waals surface area (Å²) in [6.07, 6.45) is 1.64. The van der Waals surface area contributed by atoms with Crippen LogP contribution in [0, 0.1) is 5.92 Å². The fraction of sp³-hybridized carbons (Fsp3) is 0.526. The number of carbonyl (C=O) groups excluding carboxylic acids is 3. The number of benzene rings is 1. The Kier molecular flexibility index (Phi) is 7.59. The van der Waals surface area contributed by atoms with Crippen molar-refractivity contribution in [1.29, 1.82) is 0 Å². The van der Waals surface area contributed by atoms with Crippen LogP contribution in [-0.4, -0.2) is 43.6 Å². The molecule has 142 valence electrons. The van der Waals surface area contributed by atoms with E-state index in [-0.39, 0.29) is 17.8 Å². The maximum absolute atomic E-state index is 12.4. The summed E-state index contributed by atoms with van der Waals surface area (Å²) in [7, 11) is 0. The number of hydrogen-bond acceptors (Lipinski definition) is 4. The number of ether oxygens (including phenoxy) is 1. The van der Waals surface area contributed by atoms with Crippen LogP contribution in [0.3, 0.4) is 0 Å². The molecule has 1 aliphatic rings. The van der Waals surface area contributed by atoms with Crippen molar-refractivity contribution < 1.29 is 24.0 Å². The molecule has 1 aromatic rings. The van der Waals surface area contributed by atoms with E-state index in [9.17, 15) is 14.4 Å². The molecule has 26 heavy (non-hydrogen) atoms. The quantitative estimate of drug-likeness (QED) is 0.634. The van der Waals surface area contributed by atoms with Crippen molar-refractivity contribution in [2.45, 2.75) is 39.3 Å². The summed E-state index contributed by atoms with van der Waals surface area (Å²) in [6, 6.07) is 8.57. The highest BCUT2D eigenvalue weighted by Crippen LogP contribution is 2.10. The molecule has 0 aromatic heterocycles. The zero-order valence-electron chi connectivity index (χ0n) is 15.4. The minimum atomic E-state index is -0.510. The lowest BCUT2D eigenvalue weighted by molar-refractivity contribution is -0.921. The van der Waals surface area contributed by atoms with Crippen molar-refractivity contribution in [2.75, 3.05) is 19.7 Å². The molecule has 3 amide bonds. The number of urea groups is 1.